The number of amides is 3. The Kier molecular flexibility index (Phi) is 6.42. The molecule has 0 unspecified atom stereocenters. The minimum atomic E-state index is -0.265. The molecule has 1 fully saturated rings. The molecule has 1 aliphatic rings. The van der Waals surface area contributed by atoms with Crippen LogP contribution in [0.25, 0.3) is 0 Å². The largest absolute Gasteiger partial charge is 0.350 e. The van der Waals surface area contributed by atoms with Crippen LogP contribution in [0.2, 0.25) is 0 Å². The third-order valence-corrected chi connectivity index (χ3v) is 4.83. The predicted molar refractivity (Wildman–Crippen MR) is 108 cm³/mol. The Labute approximate surface area is 164 Å². The fraction of sp³-hybridized carbons (Fsp3) is 0.318. The smallest absolute Gasteiger partial charge is 0.251 e. The molecule has 3 amide bonds. The molecule has 0 spiro atoms. The topological polar surface area (TPSA) is 78.5 Å². The molecule has 6 nitrogen and oxygen atoms in total. The van der Waals surface area contributed by atoms with Crippen LogP contribution in [0, 0.1) is 6.92 Å². The Bertz CT molecular complexity index is 879. The standard InChI is InChI=1S/C22H25N3O3/c1-16-7-2-3-10-19(16)22(28)24-15-20(26)23-14-17-8-6-9-18(13-17)25-12-5-4-11-21(25)27/h2-3,6-10,13H,4-5,11-12,14-15H2,1H3,(H,23,26)(H,24,28). The molecule has 2 N–H and O–H groups in total. The number of nitrogens with zero attached hydrogens (tertiary/aromatic N) is 1. The first kappa shape index (κ1) is 19.6. The van der Waals surface area contributed by atoms with E-state index < -0.39 is 0 Å². The summed E-state index contributed by atoms with van der Waals surface area (Å²) in [6, 6.07) is 14.9. The summed E-state index contributed by atoms with van der Waals surface area (Å²) in [5.74, 6) is -0.383. The van der Waals surface area contributed by atoms with E-state index in [0.717, 1.165) is 36.2 Å². The molecule has 28 heavy (non-hydrogen) atoms. The second-order valence-electron chi connectivity index (χ2n) is 6.95. The summed E-state index contributed by atoms with van der Waals surface area (Å²) < 4.78 is 0. The lowest BCUT2D eigenvalue weighted by Crippen LogP contribution is -2.37. The van der Waals surface area contributed by atoms with Crippen molar-refractivity contribution in [2.24, 2.45) is 0 Å². The molecule has 0 saturated carbocycles. The molecule has 0 atom stereocenters. The van der Waals surface area contributed by atoms with E-state index in [1.807, 2.05) is 43.3 Å². The van der Waals surface area contributed by atoms with Crippen molar-refractivity contribution in [3.05, 3.63) is 65.2 Å². The van der Waals surface area contributed by atoms with Crippen LogP contribution in [-0.2, 0) is 16.1 Å². The van der Waals surface area contributed by atoms with Crippen molar-refractivity contribution in [2.75, 3.05) is 18.0 Å². The summed E-state index contributed by atoms with van der Waals surface area (Å²) in [4.78, 5) is 38.1. The Morgan fingerprint density at radius 1 is 1.04 bits per heavy atom. The van der Waals surface area contributed by atoms with Crippen LogP contribution in [0.5, 0.6) is 0 Å². The van der Waals surface area contributed by atoms with Crippen LogP contribution in [0.3, 0.4) is 0 Å². The maximum atomic E-state index is 12.2. The number of carbonyl (C=O) groups excluding carboxylic acids is 3. The van der Waals surface area contributed by atoms with Crippen molar-refractivity contribution >= 4 is 23.4 Å². The zero-order chi connectivity index (χ0) is 19.9. The van der Waals surface area contributed by atoms with Gasteiger partial charge < -0.3 is 15.5 Å². The number of nitrogens with one attached hydrogen (secondary N) is 2. The summed E-state index contributed by atoms with van der Waals surface area (Å²) in [5.41, 5.74) is 3.21. The van der Waals surface area contributed by atoms with Gasteiger partial charge in [0.15, 0.2) is 0 Å². The minimum absolute atomic E-state index is 0.0858. The average Bonchev–Trinajstić information content (AvgIpc) is 2.71. The summed E-state index contributed by atoms with van der Waals surface area (Å²) >= 11 is 0. The van der Waals surface area contributed by atoms with Crippen LogP contribution in [-0.4, -0.2) is 30.8 Å². The van der Waals surface area contributed by atoms with E-state index in [1.165, 1.54) is 0 Å². The number of benzene rings is 2. The monoisotopic (exact) mass is 379 g/mol. The van der Waals surface area contributed by atoms with Gasteiger partial charge in [-0.05, 0) is 49.1 Å². The molecule has 3 rings (SSSR count). The van der Waals surface area contributed by atoms with Crippen molar-refractivity contribution in [3.8, 4) is 0 Å². The second kappa shape index (κ2) is 9.17. The summed E-state index contributed by atoms with van der Waals surface area (Å²) in [6.07, 6.45) is 2.54. The van der Waals surface area contributed by atoms with E-state index in [1.54, 1.807) is 17.0 Å². The first-order chi connectivity index (χ1) is 13.5. The van der Waals surface area contributed by atoms with Gasteiger partial charge in [-0.2, -0.15) is 0 Å². The molecular formula is C22H25N3O3. The number of hydrogen-bond donors (Lipinski definition) is 2. The number of aryl methyl sites for hydroxylation is 1. The van der Waals surface area contributed by atoms with E-state index in [0.29, 0.717) is 18.5 Å². The van der Waals surface area contributed by atoms with Crippen molar-refractivity contribution in [3.63, 3.8) is 0 Å². The zero-order valence-electron chi connectivity index (χ0n) is 16.0. The lowest BCUT2D eigenvalue weighted by molar-refractivity contribution is -0.120. The van der Waals surface area contributed by atoms with Gasteiger partial charge in [0.05, 0.1) is 6.54 Å². The molecule has 1 saturated heterocycles. The highest BCUT2D eigenvalue weighted by molar-refractivity contribution is 5.97. The van der Waals surface area contributed by atoms with Crippen molar-refractivity contribution < 1.29 is 14.4 Å². The number of rotatable bonds is 6. The summed E-state index contributed by atoms with van der Waals surface area (Å²) in [7, 11) is 0. The first-order valence-corrected chi connectivity index (χ1v) is 9.54. The lowest BCUT2D eigenvalue weighted by Gasteiger charge is -2.27. The number of carbonyl (C=O) groups is 3. The highest BCUT2D eigenvalue weighted by Crippen LogP contribution is 2.21. The molecule has 0 aliphatic carbocycles. The van der Waals surface area contributed by atoms with E-state index in [9.17, 15) is 14.4 Å². The van der Waals surface area contributed by atoms with E-state index >= 15 is 0 Å². The van der Waals surface area contributed by atoms with Gasteiger partial charge in [0, 0.05) is 30.8 Å². The third kappa shape index (κ3) is 4.97. The highest BCUT2D eigenvalue weighted by atomic mass is 16.2. The lowest BCUT2D eigenvalue weighted by atomic mass is 10.1. The average molecular weight is 379 g/mol. The van der Waals surface area contributed by atoms with Gasteiger partial charge in [0.2, 0.25) is 11.8 Å². The maximum absolute atomic E-state index is 12.2. The molecule has 1 heterocycles. The summed E-state index contributed by atoms with van der Waals surface area (Å²) in [6.45, 7) is 2.85. The Morgan fingerprint density at radius 3 is 2.64 bits per heavy atom. The SMILES string of the molecule is Cc1ccccc1C(=O)NCC(=O)NCc1cccc(N2CCCCC2=O)c1. The van der Waals surface area contributed by atoms with Gasteiger partial charge in [-0.15, -0.1) is 0 Å². The van der Waals surface area contributed by atoms with Crippen molar-refractivity contribution in [2.45, 2.75) is 32.7 Å². The van der Waals surface area contributed by atoms with Gasteiger partial charge in [0.1, 0.15) is 0 Å². The fourth-order valence-corrected chi connectivity index (χ4v) is 3.26. The second-order valence-corrected chi connectivity index (χ2v) is 6.95. The van der Waals surface area contributed by atoms with E-state index in [2.05, 4.69) is 10.6 Å². The molecule has 1 aliphatic heterocycles. The zero-order valence-corrected chi connectivity index (χ0v) is 16.0. The maximum Gasteiger partial charge on any atom is 0.251 e. The van der Waals surface area contributed by atoms with Crippen LogP contribution in [0.4, 0.5) is 5.69 Å². The number of piperidine rings is 1. The number of anilines is 1. The van der Waals surface area contributed by atoms with Crippen LogP contribution >= 0.6 is 0 Å². The number of hydrogen-bond acceptors (Lipinski definition) is 3. The Hall–Kier alpha value is -3.15. The third-order valence-electron chi connectivity index (χ3n) is 4.83. The van der Waals surface area contributed by atoms with Crippen molar-refractivity contribution in [1.82, 2.24) is 10.6 Å². The van der Waals surface area contributed by atoms with Crippen LogP contribution in [0.1, 0.15) is 40.7 Å². The van der Waals surface area contributed by atoms with Gasteiger partial charge >= 0.3 is 0 Å². The van der Waals surface area contributed by atoms with E-state index in [-0.39, 0.29) is 24.3 Å². The Balaban J connectivity index is 1.51. The molecule has 0 aromatic heterocycles. The molecule has 0 bridgehead atoms. The van der Waals surface area contributed by atoms with Crippen LogP contribution in [0.15, 0.2) is 48.5 Å². The molecule has 6 heteroatoms. The molecule has 2 aromatic rings. The normalized spacial score (nSPS) is 13.9. The van der Waals surface area contributed by atoms with Crippen molar-refractivity contribution in [1.29, 1.82) is 0 Å². The molecule has 2 aromatic carbocycles. The van der Waals surface area contributed by atoms with Gasteiger partial charge in [-0.1, -0.05) is 30.3 Å². The van der Waals surface area contributed by atoms with Gasteiger partial charge in [0.25, 0.3) is 5.91 Å². The molecular weight excluding hydrogens is 354 g/mol. The van der Waals surface area contributed by atoms with Gasteiger partial charge in [-0.25, -0.2) is 0 Å². The Morgan fingerprint density at radius 2 is 1.86 bits per heavy atom. The van der Waals surface area contributed by atoms with Gasteiger partial charge in [-0.3, -0.25) is 14.4 Å². The quantitative estimate of drug-likeness (QED) is 0.810. The van der Waals surface area contributed by atoms with Crippen LogP contribution < -0.4 is 15.5 Å². The minimum Gasteiger partial charge on any atom is -0.350 e. The molecule has 146 valence electrons. The fourth-order valence-electron chi connectivity index (χ4n) is 3.26. The summed E-state index contributed by atoms with van der Waals surface area (Å²) in [5, 5.41) is 5.45. The molecule has 0 radical (unpaired) electrons. The predicted octanol–water partition coefficient (Wildman–Crippen LogP) is 2.56. The first-order valence-electron chi connectivity index (χ1n) is 9.54. The van der Waals surface area contributed by atoms with E-state index in [4.69, 9.17) is 0 Å². The highest BCUT2D eigenvalue weighted by Gasteiger charge is 2.19.